The van der Waals surface area contributed by atoms with Gasteiger partial charge in [0.05, 0.1) is 0 Å². The number of halogens is 1. The summed E-state index contributed by atoms with van der Waals surface area (Å²) in [4.78, 5) is 28.5. The molecule has 0 saturated heterocycles. The summed E-state index contributed by atoms with van der Waals surface area (Å²) in [5, 5.41) is 0.101. The number of hydrogen-bond acceptors (Lipinski definition) is 3. The van der Waals surface area contributed by atoms with Gasteiger partial charge in [0.2, 0.25) is 0 Å². The number of carbonyl (C=O) groups is 2. The van der Waals surface area contributed by atoms with Crippen LogP contribution < -0.4 is 0 Å². The second-order valence-corrected chi connectivity index (χ2v) is 4.16. The van der Waals surface area contributed by atoms with Crippen LogP contribution in [0, 0.1) is 0 Å². The molecule has 18 heavy (non-hydrogen) atoms. The molecule has 0 atom stereocenters. The van der Waals surface area contributed by atoms with Gasteiger partial charge in [-0.3, -0.25) is 19.5 Å². The molecule has 0 aliphatic carbocycles. The van der Waals surface area contributed by atoms with Crippen LogP contribution in [0.25, 0.3) is 6.08 Å². The quantitative estimate of drug-likeness (QED) is 0.766. The monoisotopic (exact) mass is 262 g/mol. The molecule has 1 aromatic heterocycles. The standard InChI is InChI=1S/C13H11ClN2O2/c14-11-4-2-8-16(13(11)18)12(17)6-5-10-3-1-7-15-9-10/h1,3-7,9H,2,8H2/b6-5+. The number of nitrogens with zero attached hydrogens (tertiary/aromatic N) is 2. The SMILES string of the molecule is O=C(/C=C/c1cccnc1)N1CCC=C(Cl)C1=O. The summed E-state index contributed by atoms with van der Waals surface area (Å²) in [5.74, 6) is -0.807. The molecule has 4 nitrogen and oxygen atoms in total. The summed E-state index contributed by atoms with van der Waals surface area (Å²) in [6.07, 6.45) is 8.47. The van der Waals surface area contributed by atoms with Crippen molar-refractivity contribution in [2.45, 2.75) is 6.42 Å². The third-order valence-electron chi connectivity index (χ3n) is 2.49. The molecule has 0 unspecified atom stereocenters. The van der Waals surface area contributed by atoms with E-state index in [1.54, 1.807) is 30.6 Å². The summed E-state index contributed by atoms with van der Waals surface area (Å²) in [6, 6.07) is 3.59. The maximum atomic E-state index is 11.8. The van der Waals surface area contributed by atoms with Crippen LogP contribution in [0.1, 0.15) is 12.0 Å². The Balaban J connectivity index is 2.07. The molecule has 1 aliphatic heterocycles. The Morgan fingerprint density at radius 1 is 1.50 bits per heavy atom. The maximum Gasteiger partial charge on any atom is 0.271 e. The predicted molar refractivity (Wildman–Crippen MR) is 68.5 cm³/mol. The summed E-state index contributed by atoms with van der Waals surface area (Å²) < 4.78 is 0. The van der Waals surface area contributed by atoms with Crippen molar-refractivity contribution in [2.75, 3.05) is 6.54 Å². The lowest BCUT2D eigenvalue weighted by atomic mass is 10.2. The van der Waals surface area contributed by atoms with Crippen LogP contribution >= 0.6 is 11.6 Å². The minimum atomic E-state index is -0.441. The van der Waals surface area contributed by atoms with Crippen molar-refractivity contribution in [1.82, 2.24) is 9.88 Å². The molecule has 2 rings (SSSR count). The Kier molecular flexibility index (Phi) is 3.89. The average Bonchev–Trinajstić information content (AvgIpc) is 2.40. The van der Waals surface area contributed by atoms with E-state index < -0.39 is 5.91 Å². The van der Waals surface area contributed by atoms with E-state index in [1.807, 2.05) is 6.07 Å². The first-order valence-electron chi connectivity index (χ1n) is 5.48. The predicted octanol–water partition coefficient (Wildman–Crippen LogP) is 1.98. The van der Waals surface area contributed by atoms with Gasteiger partial charge in [-0.15, -0.1) is 0 Å². The van der Waals surface area contributed by atoms with E-state index in [4.69, 9.17) is 11.6 Å². The molecule has 0 bridgehead atoms. The molecular weight excluding hydrogens is 252 g/mol. The number of aromatic nitrogens is 1. The van der Waals surface area contributed by atoms with E-state index in [1.165, 1.54) is 6.08 Å². The fraction of sp³-hybridized carbons (Fsp3) is 0.154. The van der Waals surface area contributed by atoms with Gasteiger partial charge in [-0.05, 0) is 24.1 Å². The van der Waals surface area contributed by atoms with E-state index in [0.29, 0.717) is 13.0 Å². The van der Waals surface area contributed by atoms with Crippen molar-refractivity contribution in [3.05, 3.63) is 47.3 Å². The highest BCUT2D eigenvalue weighted by Crippen LogP contribution is 2.15. The smallest absolute Gasteiger partial charge is 0.271 e. The molecule has 1 aliphatic rings. The Hall–Kier alpha value is -1.94. The van der Waals surface area contributed by atoms with Gasteiger partial charge in [0.25, 0.3) is 11.8 Å². The minimum Gasteiger partial charge on any atom is -0.274 e. The second kappa shape index (κ2) is 5.60. The molecule has 1 aromatic rings. The zero-order valence-corrected chi connectivity index (χ0v) is 10.3. The topological polar surface area (TPSA) is 50.3 Å². The van der Waals surface area contributed by atoms with Crippen molar-refractivity contribution >= 4 is 29.5 Å². The number of pyridine rings is 1. The number of rotatable bonds is 2. The van der Waals surface area contributed by atoms with Gasteiger partial charge < -0.3 is 0 Å². The lowest BCUT2D eigenvalue weighted by Crippen LogP contribution is -2.38. The van der Waals surface area contributed by atoms with E-state index >= 15 is 0 Å². The Morgan fingerprint density at radius 3 is 3.06 bits per heavy atom. The molecule has 2 heterocycles. The molecular formula is C13H11ClN2O2. The minimum absolute atomic E-state index is 0.101. The first kappa shape index (κ1) is 12.5. The highest BCUT2D eigenvalue weighted by atomic mass is 35.5. The lowest BCUT2D eigenvalue weighted by Gasteiger charge is -2.21. The number of amides is 2. The molecule has 0 saturated carbocycles. The van der Waals surface area contributed by atoms with Gasteiger partial charge in [0.1, 0.15) is 5.03 Å². The summed E-state index contributed by atoms with van der Waals surface area (Å²) in [5.41, 5.74) is 0.803. The molecule has 2 amide bonds. The van der Waals surface area contributed by atoms with Crippen molar-refractivity contribution < 1.29 is 9.59 Å². The highest BCUT2D eigenvalue weighted by Gasteiger charge is 2.24. The maximum absolute atomic E-state index is 11.8. The van der Waals surface area contributed by atoms with Gasteiger partial charge in [0, 0.05) is 25.0 Å². The largest absolute Gasteiger partial charge is 0.274 e. The normalized spacial score (nSPS) is 15.9. The third-order valence-corrected chi connectivity index (χ3v) is 2.81. The summed E-state index contributed by atoms with van der Waals surface area (Å²) in [7, 11) is 0. The Labute approximate surface area is 110 Å². The Bertz CT molecular complexity index is 523. The van der Waals surface area contributed by atoms with Crippen LogP contribution in [0.2, 0.25) is 0 Å². The van der Waals surface area contributed by atoms with Crippen molar-refractivity contribution in [3.63, 3.8) is 0 Å². The van der Waals surface area contributed by atoms with Gasteiger partial charge in [-0.25, -0.2) is 0 Å². The van der Waals surface area contributed by atoms with Gasteiger partial charge in [-0.1, -0.05) is 23.7 Å². The first-order chi connectivity index (χ1) is 8.68. The summed E-state index contributed by atoms with van der Waals surface area (Å²) >= 11 is 5.71. The fourth-order valence-corrected chi connectivity index (χ4v) is 1.79. The molecule has 0 aromatic carbocycles. The zero-order chi connectivity index (χ0) is 13.0. The van der Waals surface area contributed by atoms with Crippen LogP contribution in [0.3, 0.4) is 0 Å². The molecule has 0 fully saturated rings. The number of imide groups is 1. The fourth-order valence-electron chi connectivity index (χ4n) is 1.58. The number of hydrogen-bond donors (Lipinski definition) is 0. The zero-order valence-electron chi connectivity index (χ0n) is 9.54. The van der Waals surface area contributed by atoms with Crippen LogP contribution in [-0.4, -0.2) is 28.2 Å². The van der Waals surface area contributed by atoms with Gasteiger partial charge in [0.15, 0.2) is 0 Å². The number of carbonyl (C=O) groups excluding carboxylic acids is 2. The van der Waals surface area contributed by atoms with Crippen molar-refractivity contribution in [2.24, 2.45) is 0 Å². The van der Waals surface area contributed by atoms with E-state index in [-0.39, 0.29) is 10.9 Å². The second-order valence-electron chi connectivity index (χ2n) is 3.76. The van der Waals surface area contributed by atoms with Crippen LogP contribution in [-0.2, 0) is 9.59 Å². The lowest BCUT2D eigenvalue weighted by molar-refractivity contribution is -0.139. The average molecular weight is 263 g/mol. The van der Waals surface area contributed by atoms with Crippen molar-refractivity contribution in [1.29, 1.82) is 0 Å². The van der Waals surface area contributed by atoms with Gasteiger partial charge in [-0.2, -0.15) is 0 Å². The van der Waals surface area contributed by atoms with E-state index in [0.717, 1.165) is 10.5 Å². The summed E-state index contributed by atoms with van der Waals surface area (Å²) in [6.45, 7) is 0.366. The molecule has 92 valence electrons. The van der Waals surface area contributed by atoms with E-state index in [2.05, 4.69) is 4.98 Å². The molecule has 5 heteroatoms. The molecule has 0 spiro atoms. The van der Waals surface area contributed by atoms with E-state index in [9.17, 15) is 9.59 Å². The molecule has 0 N–H and O–H groups in total. The molecule has 0 radical (unpaired) electrons. The van der Waals surface area contributed by atoms with Crippen LogP contribution in [0.15, 0.2) is 41.7 Å². The van der Waals surface area contributed by atoms with Gasteiger partial charge >= 0.3 is 0 Å². The van der Waals surface area contributed by atoms with Crippen LogP contribution in [0.5, 0.6) is 0 Å². The highest BCUT2D eigenvalue weighted by molar-refractivity contribution is 6.43. The Morgan fingerprint density at radius 2 is 2.33 bits per heavy atom. The first-order valence-corrected chi connectivity index (χ1v) is 5.86. The third kappa shape index (κ3) is 2.84. The van der Waals surface area contributed by atoms with Crippen LogP contribution in [0.4, 0.5) is 0 Å². The van der Waals surface area contributed by atoms with Crippen molar-refractivity contribution in [3.8, 4) is 0 Å².